The zero-order chi connectivity index (χ0) is 17.0. The molecule has 0 radical (unpaired) electrons. The van der Waals surface area contributed by atoms with Gasteiger partial charge in [-0.15, -0.1) is 0 Å². The van der Waals surface area contributed by atoms with Gasteiger partial charge in [-0.2, -0.15) is 0 Å². The highest BCUT2D eigenvalue weighted by molar-refractivity contribution is 8.77. The Balaban J connectivity index is 4.28. The largest absolute Gasteiger partial charge is 0.481 e. The zero-order valence-electron chi connectivity index (χ0n) is 13.0. The summed E-state index contributed by atoms with van der Waals surface area (Å²) in [5, 5.41) is 11.8. The zero-order valence-corrected chi connectivity index (χ0v) is 14.7. The second kappa shape index (κ2) is 11.3. The molecule has 126 valence electrons. The molecule has 0 saturated carbocycles. The Labute approximate surface area is 138 Å². The first-order chi connectivity index (χ1) is 10.3. The van der Waals surface area contributed by atoms with Crippen molar-refractivity contribution in [2.75, 3.05) is 25.6 Å². The molecule has 0 fully saturated rings. The van der Waals surface area contributed by atoms with Gasteiger partial charge in [0.25, 0.3) is 0 Å². The normalized spacial score (nSPS) is 10.7. The third-order valence-corrected chi connectivity index (χ3v) is 5.46. The number of azide groups is 1. The van der Waals surface area contributed by atoms with Crippen molar-refractivity contribution in [3.05, 3.63) is 10.4 Å². The average Bonchev–Trinajstić information content (AvgIpc) is 2.40. The molecule has 0 saturated heterocycles. The van der Waals surface area contributed by atoms with E-state index in [1.165, 1.54) is 4.90 Å². The monoisotopic (exact) mass is 350 g/mol. The van der Waals surface area contributed by atoms with Crippen LogP contribution >= 0.6 is 21.6 Å². The molecule has 1 N–H and O–H groups in total. The van der Waals surface area contributed by atoms with Gasteiger partial charge in [0.05, 0.1) is 0 Å². The van der Waals surface area contributed by atoms with E-state index in [1.54, 1.807) is 21.6 Å². The van der Waals surface area contributed by atoms with E-state index in [2.05, 4.69) is 30.8 Å². The molecule has 0 aromatic heterocycles. The summed E-state index contributed by atoms with van der Waals surface area (Å²) in [6, 6.07) is 0. The molecule has 22 heavy (non-hydrogen) atoms. The molecule has 0 spiro atoms. The van der Waals surface area contributed by atoms with Gasteiger partial charge < -0.3 is 14.7 Å². The van der Waals surface area contributed by atoms with Crippen LogP contribution in [0.5, 0.6) is 0 Å². The van der Waals surface area contributed by atoms with Gasteiger partial charge in [-0.1, -0.05) is 47.5 Å². The Morgan fingerprint density at radius 2 is 2.05 bits per heavy atom. The molecule has 0 aliphatic carbocycles. The van der Waals surface area contributed by atoms with Crippen LogP contribution in [-0.4, -0.2) is 52.4 Å². The minimum Gasteiger partial charge on any atom is -0.481 e. The minimum atomic E-state index is -0.903. The fraction of sp³-hybridized carbons (Fsp3) is 0.833. The summed E-state index contributed by atoms with van der Waals surface area (Å²) >= 11 is 0. The quantitative estimate of drug-likeness (QED) is 0.211. The lowest BCUT2D eigenvalue weighted by Gasteiger charge is -2.22. The summed E-state index contributed by atoms with van der Waals surface area (Å²) in [6.45, 7) is 6.68. The predicted octanol–water partition coefficient (Wildman–Crippen LogP) is 3.74. The van der Waals surface area contributed by atoms with Crippen molar-refractivity contribution in [1.82, 2.24) is 4.90 Å². The number of aliphatic carboxylic acids is 1. The number of carbonyl (C=O) groups is 2. The third kappa shape index (κ3) is 12.5. The summed E-state index contributed by atoms with van der Waals surface area (Å²) in [4.78, 5) is 26.3. The van der Waals surface area contributed by atoms with E-state index in [0.717, 1.165) is 0 Å². The second-order valence-electron chi connectivity index (χ2n) is 5.27. The Morgan fingerprint density at radius 1 is 1.36 bits per heavy atom. The molecule has 10 heteroatoms. The summed E-state index contributed by atoms with van der Waals surface area (Å²) in [7, 11) is 3.36. The van der Waals surface area contributed by atoms with Crippen LogP contribution in [0.4, 0.5) is 4.79 Å². The molecule has 0 aliphatic heterocycles. The van der Waals surface area contributed by atoms with Crippen molar-refractivity contribution in [1.29, 1.82) is 0 Å². The molecule has 8 nitrogen and oxygen atoms in total. The molecule has 0 unspecified atom stereocenters. The molecule has 0 bridgehead atoms. The van der Waals surface area contributed by atoms with Gasteiger partial charge in [-0.3, -0.25) is 4.79 Å². The lowest BCUT2D eigenvalue weighted by molar-refractivity contribution is -0.137. The minimum absolute atomic E-state index is 0.00991. The van der Waals surface area contributed by atoms with E-state index in [-0.39, 0.29) is 17.9 Å². The first-order valence-corrected chi connectivity index (χ1v) is 9.03. The Bertz CT molecular complexity index is 408. The number of amides is 1. The highest BCUT2D eigenvalue weighted by atomic mass is 33.1. The van der Waals surface area contributed by atoms with Gasteiger partial charge in [0.2, 0.25) is 0 Å². The van der Waals surface area contributed by atoms with E-state index in [1.807, 2.05) is 0 Å². The van der Waals surface area contributed by atoms with Crippen molar-refractivity contribution in [3.63, 3.8) is 0 Å². The Morgan fingerprint density at radius 3 is 2.59 bits per heavy atom. The second-order valence-corrected chi connectivity index (χ2v) is 8.51. The summed E-state index contributed by atoms with van der Waals surface area (Å²) in [5.74, 6) is -0.203. The third-order valence-electron chi connectivity index (χ3n) is 2.14. The molecular formula is C12H22N4O4S2. The predicted molar refractivity (Wildman–Crippen MR) is 88.7 cm³/mol. The van der Waals surface area contributed by atoms with Crippen LogP contribution in [0.3, 0.4) is 0 Å². The standard InChI is InChI=1S/C12H22N4O4S2/c1-12(2,3)22-21-8-7-16(6-4-5-10(17)18)11(19)20-9-14-15-13/h4-9H2,1-3H3,(H,17,18). The van der Waals surface area contributed by atoms with E-state index < -0.39 is 12.1 Å². The van der Waals surface area contributed by atoms with Crippen LogP contribution in [-0.2, 0) is 9.53 Å². The first kappa shape index (κ1) is 20.8. The molecular weight excluding hydrogens is 328 g/mol. The van der Waals surface area contributed by atoms with E-state index in [9.17, 15) is 9.59 Å². The number of ether oxygens (including phenoxy) is 1. The summed E-state index contributed by atoms with van der Waals surface area (Å²) in [5.41, 5.74) is 8.15. The van der Waals surface area contributed by atoms with Crippen LogP contribution in [0.15, 0.2) is 5.11 Å². The summed E-state index contributed by atoms with van der Waals surface area (Å²) < 4.78 is 4.93. The number of carbonyl (C=O) groups excluding carboxylic acids is 1. The van der Waals surface area contributed by atoms with E-state index in [0.29, 0.717) is 25.3 Å². The number of nitrogens with zero attached hydrogens (tertiary/aromatic N) is 4. The first-order valence-electron chi connectivity index (χ1n) is 6.71. The van der Waals surface area contributed by atoms with Crippen molar-refractivity contribution >= 4 is 33.7 Å². The summed E-state index contributed by atoms with van der Waals surface area (Å²) in [6.07, 6.45) is -0.258. The Kier molecular flexibility index (Phi) is 10.7. The van der Waals surface area contributed by atoms with Crippen molar-refractivity contribution in [3.8, 4) is 0 Å². The maximum absolute atomic E-state index is 11.8. The molecule has 0 aliphatic rings. The van der Waals surface area contributed by atoms with Crippen molar-refractivity contribution in [2.24, 2.45) is 5.11 Å². The molecule has 0 rings (SSSR count). The smallest absolute Gasteiger partial charge is 0.409 e. The van der Waals surface area contributed by atoms with Crippen LogP contribution in [0, 0.1) is 0 Å². The van der Waals surface area contributed by atoms with Crippen molar-refractivity contribution < 1.29 is 19.4 Å². The van der Waals surface area contributed by atoms with Gasteiger partial charge in [0, 0.05) is 34.9 Å². The lowest BCUT2D eigenvalue weighted by atomic mass is 10.3. The van der Waals surface area contributed by atoms with Crippen LogP contribution in [0.2, 0.25) is 0 Å². The Hall–Kier alpha value is -1.25. The maximum atomic E-state index is 11.8. The molecule has 0 atom stereocenters. The van der Waals surface area contributed by atoms with Gasteiger partial charge in [-0.25, -0.2) is 4.79 Å². The van der Waals surface area contributed by atoms with Gasteiger partial charge in [-0.05, 0) is 12.0 Å². The van der Waals surface area contributed by atoms with Gasteiger partial charge in [0.15, 0.2) is 6.73 Å². The topological polar surface area (TPSA) is 116 Å². The SMILES string of the molecule is CC(C)(C)SSCCN(CCCC(=O)O)C(=O)OCN=[N+]=[N-]. The maximum Gasteiger partial charge on any atom is 0.409 e. The van der Waals surface area contributed by atoms with Crippen LogP contribution < -0.4 is 0 Å². The fourth-order valence-electron chi connectivity index (χ4n) is 1.28. The lowest BCUT2D eigenvalue weighted by Crippen LogP contribution is -2.34. The molecule has 0 aromatic carbocycles. The number of hydrogen-bond donors (Lipinski definition) is 1. The van der Waals surface area contributed by atoms with Crippen LogP contribution in [0.25, 0.3) is 10.4 Å². The van der Waals surface area contributed by atoms with E-state index >= 15 is 0 Å². The average molecular weight is 350 g/mol. The molecule has 0 heterocycles. The van der Waals surface area contributed by atoms with Crippen LogP contribution in [0.1, 0.15) is 33.6 Å². The highest BCUT2D eigenvalue weighted by Gasteiger charge is 2.16. The molecule has 0 aromatic rings. The van der Waals surface area contributed by atoms with Gasteiger partial charge >= 0.3 is 12.1 Å². The number of carboxylic acid groups (broad SMARTS) is 1. The highest BCUT2D eigenvalue weighted by Crippen LogP contribution is 2.34. The number of carboxylic acids is 1. The fourth-order valence-corrected chi connectivity index (χ4v) is 3.55. The molecule has 1 amide bonds. The number of rotatable bonds is 10. The van der Waals surface area contributed by atoms with Crippen molar-refractivity contribution in [2.45, 2.75) is 38.4 Å². The van der Waals surface area contributed by atoms with Gasteiger partial charge in [0.1, 0.15) is 0 Å². The number of hydrogen-bond acceptors (Lipinski definition) is 6. The van der Waals surface area contributed by atoms with E-state index in [4.69, 9.17) is 15.4 Å².